The number of benzene rings is 2. The molecule has 0 unspecified atom stereocenters. The summed E-state index contributed by atoms with van der Waals surface area (Å²) >= 11 is 3.42. The fourth-order valence-electron chi connectivity index (χ4n) is 1.98. The van der Waals surface area contributed by atoms with Gasteiger partial charge in [0.1, 0.15) is 12.4 Å². The summed E-state index contributed by atoms with van der Waals surface area (Å²) in [6, 6.07) is 12.3. The fraction of sp³-hybridized carbons (Fsp3) is 0.200. The van der Waals surface area contributed by atoms with Crippen LogP contribution in [0.15, 0.2) is 46.9 Å². The van der Waals surface area contributed by atoms with E-state index in [1.54, 1.807) is 18.2 Å². The molecule has 0 heterocycles. The van der Waals surface area contributed by atoms with Crippen LogP contribution in [0, 0.1) is 10.1 Å². The largest absolute Gasteiger partial charge is 0.488 e. The van der Waals surface area contributed by atoms with Gasteiger partial charge in [-0.15, -0.1) is 0 Å². The van der Waals surface area contributed by atoms with Gasteiger partial charge in [-0.05, 0) is 31.3 Å². The van der Waals surface area contributed by atoms with Gasteiger partial charge in [0.15, 0.2) is 0 Å². The van der Waals surface area contributed by atoms with Crippen molar-refractivity contribution in [3.8, 4) is 5.75 Å². The average Bonchev–Trinajstić information content (AvgIpc) is 2.47. The highest BCUT2D eigenvalue weighted by molar-refractivity contribution is 9.10. The molecule has 0 spiro atoms. The van der Waals surface area contributed by atoms with Crippen LogP contribution in [-0.4, -0.2) is 12.0 Å². The second-order valence-corrected chi connectivity index (χ2v) is 5.37. The van der Waals surface area contributed by atoms with Crippen molar-refractivity contribution in [3.05, 3.63) is 68.2 Å². The van der Waals surface area contributed by atoms with E-state index in [1.807, 2.05) is 25.2 Å². The monoisotopic (exact) mass is 350 g/mol. The first kappa shape index (κ1) is 15.5. The molecule has 5 nitrogen and oxygen atoms in total. The number of nitro benzene ring substituents is 1. The molecule has 0 amide bonds. The Morgan fingerprint density at radius 3 is 2.71 bits per heavy atom. The lowest BCUT2D eigenvalue weighted by Crippen LogP contribution is -2.08. The Balaban J connectivity index is 2.19. The Morgan fingerprint density at radius 1 is 1.24 bits per heavy atom. The fourth-order valence-corrected chi connectivity index (χ4v) is 2.39. The van der Waals surface area contributed by atoms with Crippen LogP contribution < -0.4 is 10.1 Å². The minimum absolute atomic E-state index is 0.0739. The van der Waals surface area contributed by atoms with Crippen LogP contribution in [0.25, 0.3) is 0 Å². The molecule has 0 bridgehead atoms. The van der Waals surface area contributed by atoms with Gasteiger partial charge in [-0.1, -0.05) is 28.1 Å². The van der Waals surface area contributed by atoms with Gasteiger partial charge in [0.05, 0.1) is 10.5 Å². The van der Waals surface area contributed by atoms with Crippen molar-refractivity contribution in [1.82, 2.24) is 5.32 Å². The zero-order valence-electron chi connectivity index (χ0n) is 11.5. The van der Waals surface area contributed by atoms with E-state index in [9.17, 15) is 10.1 Å². The van der Waals surface area contributed by atoms with Gasteiger partial charge >= 0.3 is 0 Å². The van der Waals surface area contributed by atoms with Crippen molar-refractivity contribution in [2.24, 2.45) is 0 Å². The summed E-state index contributed by atoms with van der Waals surface area (Å²) in [5.41, 5.74) is 1.62. The van der Waals surface area contributed by atoms with Crippen LogP contribution in [-0.2, 0) is 13.2 Å². The van der Waals surface area contributed by atoms with Crippen molar-refractivity contribution in [3.63, 3.8) is 0 Å². The summed E-state index contributed by atoms with van der Waals surface area (Å²) in [5.74, 6) is 0.714. The normalized spacial score (nSPS) is 10.4. The highest BCUT2D eigenvalue weighted by atomic mass is 79.9. The number of para-hydroxylation sites is 1. The van der Waals surface area contributed by atoms with Gasteiger partial charge in [0.25, 0.3) is 5.69 Å². The summed E-state index contributed by atoms with van der Waals surface area (Å²) in [6.07, 6.45) is 0. The van der Waals surface area contributed by atoms with Crippen LogP contribution in [0.2, 0.25) is 0 Å². The molecule has 0 radical (unpaired) electrons. The molecule has 0 aliphatic rings. The number of hydrogen-bond donors (Lipinski definition) is 1. The summed E-state index contributed by atoms with van der Waals surface area (Å²) in [7, 11) is 1.85. The quantitative estimate of drug-likeness (QED) is 0.637. The lowest BCUT2D eigenvalue weighted by molar-refractivity contribution is -0.385. The molecule has 2 aromatic carbocycles. The van der Waals surface area contributed by atoms with Crippen LogP contribution in [0.5, 0.6) is 5.75 Å². The number of hydrogen-bond acceptors (Lipinski definition) is 4. The number of nitro groups is 1. The minimum Gasteiger partial charge on any atom is -0.488 e. The van der Waals surface area contributed by atoms with E-state index >= 15 is 0 Å². The lowest BCUT2D eigenvalue weighted by Gasteiger charge is -2.12. The molecule has 110 valence electrons. The molecule has 1 N–H and O–H groups in total. The molecular formula is C15H15BrN2O3. The van der Waals surface area contributed by atoms with E-state index in [2.05, 4.69) is 21.2 Å². The number of halogens is 1. The minimum atomic E-state index is -0.394. The van der Waals surface area contributed by atoms with Crippen LogP contribution in [0.4, 0.5) is 5.69 Å². The predicted molar refractivity (Wildman–Crippen MR) is 84.3 cm³/mol. The number of nitrogens with one attached hydrogen (secondary N) is 1. The Bertz CT molecular complexity index is 647. The summed E-state index contributed by atoms with van der Waals surface area (Å²) < 4.78 is 6.72. The summed E-state index contributed by atoms with van der Waals surface area (Å²) in [6.45, 7) is 0.821. The first-order valence-corrected chi connectivity index (χ1v) is 7.19. The molecule has 0 aliphatic carbocycles. The van der Waals surface area contributed by atoms with Crippen LogP contribution in [0.1, 0.15) is 11.1 Å². The van der Waals surface area contributed by atoms with Crippen molar-refractivity contribution in [1.29, 1.82) is 0 Å². The maximum Gasteiger partial charge on any atom is 0.276 e. The van der Waals surface area contributed by atoms with Crippen molar-refractivity contribution < 1.29 is 9.66 Å². The summed E-state index contributed by atoms with van der Waals surface area (Å²) in [5, 5.41) is 14.1. The molecular weight excluding hydrogens is 336 g/mol. The predicted octanol–water partition coefficient (Wildman–Crippen LogP) is 3.66. The molecule has 2 rings (SSSR count). The third-order valence-electron chi connectivity index (χ3n) is 2.96. The van der Waals surface area contributed by atoms with Gasteiger partial charge in [0.2, 0.25) is 0 Å². The van der Waals surface area contributed by atoms with E-state index in [1.165, 1.54) is 6.07 Å². The Morgan fingerprint density at radius 2 is 2.00 bits per heavy atom. The molecule has 2 aromatic rings. The molecule has 0 saturated heterocycles. The molecule has 0 atom stereocenters. The van der Waals surface area contributed by atoms with E-state index in [0.717, 1.165) is 10.0 Å². The van der Waals surface area contributed by atoms with Crippen LogP contribution in [0.3, 0.4) is 0 Å². The zero-order valence-corrected chi connectivity index (χ0v) is 13.1. The third kappa shape index (κ3) is 4.03. The van der Waals surface area contributed by atoms with Gasteiger partial charge in [-0.3, -0.25) is 10.1 Å². The number of nitrogens with zero attached hydrogens (tertiary/aromatic N) is 1. The molecule has 0 fully saturated rings. The van der Waals surface area contributed by atoms with E-state index in [-0.39, 0.29) is 12.3 Å². The Hall–Kier alpha value is -1.92. The maximum absolute atomic E-state index is 11.0. The Kier molecular flexibility index (Phi) is 5.30. The molecule has 0 aliphatic heterocycles. The number of rotatable bonds is 6. The smallest absolute Gasteiger partial charge is 0.276 e. The zero-order chi connectivity index (χ0) is 15.2. The Labute approximate surface area is 131 Å². The highest BCUT2D eigenvalue weighted by Gasteiger charge is 2.13. The van der Waals surface area contributed by atoms with E-state index < -0.39 is 4.92 Å². The second-order valence-electron chi connectivity index (χ2n) is 4.46. The lowest BCUT2D eigenvalue weighted by atomic mass is 10.2. The second kappa shape index (κ2) is 7.19. The summed E-state index contributed by atoms with van der Waals surface area (Å²) in [4.78, 5) is 10.6. The molecule has 6 heteroatoms. The van der Waals surface area contributed by atoms with Gasteiger partial charge in [0, 0.05) is 22.6 Å². The van der Waals surface area contributed by atoms with Gasteiger partial charge in [-0.2, -0.15) is 0 Å². The highest BCUT2D eigenvalue weighted by Crippen LogP contribution is 2.25. The SMILES string of the molecule is CNCc1cc(Br)ccc1OCc1ccccc1[N+](=O)[O-]. The first-order valence-electron chi connectivity index (χ1n) is 6.40. The van der Waals surface area contributed by atoms with E-state index in [4.69, 9.17) is 4.74 Å². The van der Waals surface area contributed by atoms with Gasteiger partial charge in [-0.25, -0.2) is 0 Å². The standard InChI is InChI=1S/C15H15BrN2O3/c1-17-9-12-8-13(16)6-7-15(12)21-10-11-4-2-3-5-14(11)18(19)20/h2-8,17H,9-10H2,1H3. The maximum atomic E-state index is 11.0. The first-order chi connectivity index (χ1) is 10.1. The van der Waals surface area contributed by atoms with Crippen molar-refractivity contribution in [2.45, 2.75) is 13.2 Å². The van der Waals surface area contributed by atoms with Crippen molar-refractivity contribution >= 4 is 21.6 Å². The average molecular weight is 351 g/mol. The molecule has 0 aromatic heterocycles. The van der Waals surface area contributed by atoms with E-state index in [0.29, 0.717) is 17.9 Å². The molecule has 0 saturated carbocycles. The third-order valence-corrected chi connectivity index (χ3v) is 3.45. The topological polar surface area (TPSA) is 64.4 Å². The number of ether oxygens (including phenoxy) is 1. The molecule has 21 heavy (non-hydrogen) atoms. The van der Waals surface area contributed by atoms with Gasteiger partial charge < -0.3 is 10.1 Å². The van der Waals surface area contributed by atoms with Crippen LogP contribution >= 0.6 is 15.9 Å². The van der Waals surface area contributed by atoms with Crippen molar-refractivity contribution in [2.75, 3.05) is 7.05 Å².